The second kappa shape index (κ2) is 3.93. The van der Waals surface area contributed by atoms with Gasteiger partial charge in [0.05, 0.1) is 6.61 Å². The SMILES string of the molecule is [B]N1C[C@@H](COC)C[C@H]1C=C. The molecule has 11 heavy (non-hydrogen) atoms. The van der Waals surface area contributed by atoms with Crippen molar-refractivity contribution in [2.24, 2.45) is 5.92 Å². The smallest absolute Gasteiger partial charge is 0.183 e. The fourth-order valence-corrected chi connectivity index (χ4v) is 1.57. The number of nitrogens with zero attached hydrogens (tertiary/aromatic N) is 1. The van der Waals surface area contributed by atoms with Crippen molar-refractivity contribution in [3.8, 4) is 0 Å². The Labute approximate surface area is 69.6 Å². The van der Waals surface area contributed by atoms with Gasteiger partial charge in [0, 0.05) is 13.2 Å². The molecule has 1 saturated heterocycles. The molecule has 0 unspecified atom stereocenters. The van der Waals surface area contributed by atoms with Gasteiger partial charge in [-0.05, 0) is 18.9 Å². The van der Waals surface area contributed by atoms with Gasteiger partial charge in [0.1, 0.15) is 0 Å². The van der Waals surface area contributed by atoms with Crippen LogP contribution in [0.1, 0.15) is 6.42 Å². The second-order valence-electron chi connectivity index (χ2n) is 3.06. The normalized spacial score (nSPS) is 32.5. The van der Waals surface area contributed by atoms with Crippen molar-refractivity contribution in [3.63, 3.8) is 0 Å². The highest BCUT2D eigenvalue weighted by atomic mass is 16.5. The van der Waals surface area contributed by atoms with E-state index >= 15 is 0 Å². The van der Waals surface area contributed by atoms with Gasteiger partial charge >= 0.3 is 0 Å². The van der Waals surface area contributed by atoms with Crippen LogP contribution in [0.3, 0.4) is 0 Å². The van der Waals surface area contributed by atoms with E-state index in [1.165, 1.54) is 0 Å². The summed E-state index contributed by atoms with van der Waals surface area (Å²) < 4.78 is 5.05. The van der Waals surface area contributed by atoms with E-state index in [-0.39, 0.29) is 0 Å². The molecule has 0 saturated carbocycles. The van der Waals surface area contributed by atoms with E-state index in [9.17, 15) is 0 Å². The molecular formula is C8H14BNO. The summed E-state index contributed by atoms with van der Waals surface area (Å²) in [7, 11) is 7.44. The van der Waals surface area contributed by atoms with Crippen molar-refractivity contribution in [2.75, 3.05) is 20.3 Å². The number of rotatable bonds is 3. The van der Waals surface area contributed by atoms with Crippen molar-refractivity contribution in [1.29, 1.82) is 0 Å². The Bertz CT molecular complexity index is 140. The van der Waals surface area contributed by atoms with Crippen molar-refractivity contribution in [3.05, 3.63) is 12.7 Å². The summed E-state index contributed by atoms with van der Waals surface area (Å²) in [5.41, 5.74) is 0. The summed E-state index contributed by atoms with van der Waals surface area (Å²) >= 11 is 0. The molecule has 60 valence electrons. The predicted molar refractivity (Wildman–Crippen MR) is 46.4 cm³/mol. The van der Waals surface area contributed by atoms with Crippen LogP contribution in [0.2, 0.25) is 0 Å². The van der Waals surface area contributed by atoms with Crippen molar-refractivity contribution >= 4 is 7.98 Å². The number of methoxy groups -OCH3 is 1. The molecule has 0 spiro atoms. The second-order valence-corrected chi connectivity index (χ2v) is 3.06. The van der Waals surface area contributed by atoms with Gasteiger partial charge < -0.3 is 9.55 Å². The van der Waals surface area contributed by atoms with E-state index in [1.807, 2.05) is 10.9 Å². The van der Waals surface area contributed by atoms with E-state index in [0.29, 0.717) is 12.0 Å². The van der Waals surface area contributed by atoms with Gasteiger partial charge in [0.25, 0.3) is 0 Å². The van der Waals surface area contributed by atoms with Crippen LogP contribution in [0, 0.1) is 5.92 Å². The molecule has 0 N–H and O–H groups in total. The van der Waals surface area contributed by atoms with Gasteiger partial charge in [-0.1, -0.05) is 6.08 Å². The highest BCUT2D eigenvalue weighted by molar-refractivity contribution is 6.04. The Hall–Kier alpha value is -0.275. The minimum Gasteiger partial charge on any atom is -0.384 e. The van der Waals surface area contributed by atoms with Crippen molar-refractivity contribution in [1.82, 2.24) is 4.81 Å². The number of hydrogen-bond acceptors (Lipinski definition) is 2. The molecular weight excluding hydrogens is 137 g/mol. The van der Waals surface area contributed by atoms with E-state index in [2.05, 4.69) is 6.58 Å². The van der Waals surface area contributed by atoms with Crippen LogP contribution in [0.5, 0.6) is 0 Å². The maximum Gasteiger partial charge on any atom is 0.183 e. The average molecular weight is 151 g/mol. The zero-order valence-corrected chi connectivity index (χ0v) is 6.99. The summed E-state index contributed by atoms with van der Waals surface area (Å²) in [6.07, 6.45) is 2.98. The molecule has 0 aromatic heterocycles. The largest absolute Gasteiger partial charge is 0.384 e. The van der Waals surface area contributed by atoms with Crippen molar-refractivity contribution < 1.29 is 4.74 Å². The molecule has 0 aromatic carbocycles. The molecule has 0 amide bonds. The van der Waals surface area contributed by atoms with E-state index < -0.39 is 0 Å². The lowest BCUT2D eigenvalue weighted by molar-refractivity contribution is 0.157. The van der Waals surface area contributed by atoms with Crippen LogP contribution < -0.4 is 0 Å². The van der Waals surface area contributed by atoms with Crippen LogP contribution in [0.15, 0.2) is 12.7 Å². The molecule has 1 fully saturated rings. The fraction of sp³-hybridized carbons (Fsp3) is 0.750. The molecule has 1 aliphatic heterocycles. The Kier molecular flexibility index (Phi) is 3.15. The summed E-state index contributed by atoms with van der Waals surface area (Å²) in [6.45, 7) is 5.45. The first-order chi connectivity index (χ1) is 5.27. The molecule has 3 heteroatoms. The molecule has 1 rings (SSSR count). The van der Waals surface area contributed by atoms with Crippen molar-refractivity contribution in [2.45, 2.75) is 12.5 Å². The zero-order chi connectivity index (χ0) is 8.27. The fourth-order valence-electron chi connectivity index (χ4n) is 1.57. The molecule has 0 bridgehead atoms. The highest BCUT2D eigenvalue weighted by Gasteiger charge is 2.26. The molecule has 2 nitrogen and oxygen atoms in total. The molecule has 0 aliphatic carbocycles. The average Bonchev–Trinajstić information content (AvgIpc) is 2.32. The van der Waals surface area contributed by atoms with Gasteiger partial charge in [-0.15, -0.1) is 6.58 Å². The number of hydrogen-bond donors (Lipinski definition) is 0. The number of ether oxygens (including phenoxy) is 1. The van der Waals surface area contributed by atoms with Gasteiger partial charge in [0.15, 0.2) is 7.98 Å². The first-order valence-electron chi connectivity index (χ1n) is 3.90. The summed E-state index contributed by atoms with van der Waals surface area (Å²) in [4.78, 5) is 1.83. The first kappa shape index (κ1) is 8.82. The monoisotopic (exact) mass is 151 g/mol. The lowest BCUT2D eigenvalue weighted by Crippen LogP contribution is -2.24. The van der Waals surface area contributed by atoms with Crippen LogP contribution in [-0.4, -0.2) is 39.1 Å². The maximum absolute atomic E-state index is 5.72. The standard InChI is InChI=1S/C8H14BNO/c1-3-8-4-7(6-11-2)5-10(8)9/h3,7-8H,1,4-6H2,2H3/t7-,8+/m0/s1. The predicted octanol–water partition coefficient (Wildman–Crippen LogP) is 0.593. The van der Waals surface area contributed by atoms with Gasteiger partial charge in [-0.3, -0.25) is 0 Å². The maximum atomic E-state index is 5.72. The molecule has 0 aromatic rings. The lowest BCUT2D eigenvalue weighted by Gasteiger charge is -2.14. The highest BCUT2D eigenvalue weighted by Crippen LogP contribution is 2.21. The van der Waals surface area contributed by atoms with E-state index in [0.717, 1.165) is 19.6 Å². The first-order valence-corrected chi connectivity index (χ1v) is 3.90. The Morgan fingerprint density at radius 2 is 2.55 bits per heavy atom. The van der Waals surface area contributed by atoms with Crippen LogP contribution in [-0.2, 0) is 4.74 Å². The van der Waals surface area contributed by atoms with E-state index in [1.54, 1.807) is 7.11 Å². The third kappa shape index (κ3) is 2.07. The van der Waals surface area contributed by atoms with Gasteiger partial charge in [-0.2, -0.15) is 0 Å². The third-order valence-electron chi connectivity index (χ3n) is 2.14. The molecule has 2 radical (unpaired) electrons. The Morgan fingerprint density at radius 1 is 1.82 bits per heavy atom. The zero-order valence-electron chi connectivity index (χ0n) is 6.99. The Morgan fingerprint density at radius 3 is 3.00 bits per heavy atom. The van der Waals surface area contributed by atoms with Crippen LogP contribution >= 0.6 is 0 Å². The third-order valence-corrected chi connectivity index (χ3v) is 2.14. The van der Waals surface area contributed by atoms with Crippen LogP contribution in [0.4, 0.5) is 0 Å². The molecule has 1 heterocycles. The van der Waals surface area contributed by atoms with Gasteiger partial charge in [0.2, 0.25) is 0 Å². The Balaban J connectivity index is 2.36. The van der Waals surface area contributed by atoms with Crippen LogP contribution in [0.25, 0.3) is 0 Å². The lowest BCUT2D eigenvalue weighted by atomic mass is 10.1. The molecule has 2 atom stereocenters. The summed E-state index contributed by atoms with van der Waals surface area (Å²) in [6, 6.07) is 0.343. The van der Waals surface area contributed by atoms with E-state index in [4.69, 9.17) is 12.7 Å². The topological polar surface area (TPSA) is 12.5 Å². The minimum absolute atomic E-state index is 0.343. The van der Waals surface area contributed by atoms with Gasteiger partial charge in [-0.25, -0.2) is 0 Å². The molecule has 1 aliphatic rings. The summed E-state index contributed by atoms with van der Waals surface area (Å²) in [5, 5.41) is 0. The summed E-state index contributed by atoms with van der Waals surface area (Å²) in [5.74, 6) is 0.577. The quantitative estimate of drug-likeness (QED) is 0.432. The minimum atomic E-state index is 0.343.